The molecule has 1 fully saturated rings. The van der Waals surface area contributed by atoms with Crippen LogP contribution < -0.4 is 10.6 Å². The third kappa shape index (κ3) is 2.19. The number of nitro groups is 1. The molecule has 0 spiro atoms. The molecule has 1 aromatic heterocycles. The molecule has 1 aromatic rings. The van der Waals surface area contributed by atoms with Gasteiger partial charge in [-0.2, -0.15) is 4.98 Å². The van der Waals surface area contributed by atoms with Gasteiger partial charge in [-0.05, 0) is 13.8 Å². The maximum Gasteiger partial charge on any atom is 0.332 e. The predicted octanol–water partition coefficient (Wildman–Crippen LogP) is 0.501. The minimum Gasteiger partial charge on any atom is -0.377 e. The molecule has 2 heterocycles. The third-order valence-corrected chi connectivity index (χ3v) is 2.88. The Labute approximate surface area is 104 Å². The second-order valence-corrected chi connectivity index (χ2v) is 4.21. The lowest BCUT2D eigenvalue weighted by atomic mass is 10.2. The molecule has 1 saturated heterocycles. The van der Waals surface area contributed by atoms with E-state index in [1.54, 1.807) is 6.92 Å². The van der Waals surface area contributed by atoms with Crippen LogP contribution in [0.3, 0.4) is 0 Å². The van der Waals surface area contributed by atoms with Crippen LogP contribution in [-0.4, -0.2) is 40.7 Å². The van der Waals surface area contributed by atoms with Crippen LogP contribution >= 0.6 is 0 Å². The van der Waals surface area contributed by atoms with Crippen LogP contribution in [0.1, 0.15) is 12.6 Å². The van der Waals surface area contributed by atoms with Crippen molar-refractivity contribution in [3.8, 4) is 0 Å². The number of nitrogen functional groups attached to an aromatic ring is 1. The van der Waals surface area contributed by atoms with Crippen LogP contribution in [0, 0.1) is 17.0 Å². The molecule has 2 rings (SSSR count). The third-order valence-electron chi connectivity index (χ3n) is 2.88. The van der Waals surface area contributed by atoms with E-state index < -0.39 is 4.92 Å². The van der Waals surface area contributed by atoms with Gasteiger partial charge in [0.1, 0.15) is 5.69 Å². The van der Waals surface area contributed by atoms with Gasteiger partial charge in [-0.25, -0.2) is 4.98 Å². The summed E-state index contributed by atoms with van der Waals surface area (Å²) in [5, 5.41) is 11.1. The molecular formula is C10H15N5O3. The first-order chi connectivity index (χ1) is 8.50. The molecule has 0 saturated carbocycles. The molecule has 1 unspecified atom stereocenters. The molecule has 1 aliphatic rings. The molecular weight excluding hydrogens is 238 g/mol. The number of morpholine rings is 1. The van der Waals surface area contributed by atoms with Crippen molar-refractivity contribution in [2.24, 2.45) is 0 Å². The Morgan fingerprint density at radius 3 is 2.89 bits per heavy atom. The molecule has 0 bridgehead atoms. The zero-order chi connectivity index (χ0) is 13.3. The molecule has 0 aromatic carbocycles. The SMILES string of the molecule is Cc1nc(N)nc(N2CCOCC2C)c1[N+](=O)[O-]. The summed E-state index contributed by atoms with van der Waals surface area (Å²) in [5.41, 5.74) is 5.77. The van der Waals surface area contributed by atoms with Crippen LogP contribution in [0.2, 0.25) is 0 Å². The van der Waals surface area contributed by atoms with Crippen molar-refractivity contribution in [2.45, 2.75) is 19.9 Å². The summed E-state index contributed by atoms with van der Waals surface area (Å²) in [6.07, 6.45) is 0. The van der Waals surface area contributed by atoms with Crippen LogP contribution in [0.4, 0.5) is 17.5 Å². The highest BCUT2D eigenvalue weighted by Crippen LogP contribution is 2.31. The molecule has 18 heavy (non-hydrogen) atoms. The molecule has 8 heteroatoms. The summed E-state index contributed by atoms with van der Waals surface area (Å²) in [4.78, 5) is 20.4. The van der Waals surface area contributed by atoms with Crippen molar-refractivity contribution in [3.05, 3.63) is 15.8 Å². The maximum atomic E-state index is 11.1. The van der Waals surface area contributed by atoms with Gasteiger partial charge < -0.3 is 15.4 Å². The number of nitrogens with two attached hydrogens (primary N) is 1. The van der Waals surface area contributed by atoms with E-state index in [1.807, 2.05) is 11.8 Å². The highest BCUT2D eigenvalue weighted by atomic mass is 16.6. The summed E-state index contributed by atoms with van der Waals surface area (Å²) < 4.78 is 5.31. The Morgan fingerprint density at radius 1 is 1.56 bits per heavy atom. The molecule has 0 aliphatic carbocycles. The molecule has 0 amide bonds. The van der Waals surface area contributed by atoms with Gasteiger partial charge in [0.15, 0.2) is 0 Å². The van der Waals surface area contributed by atoms with Gasteiger partial charge in [-0.15, -0.1) is 0 Å². The van der Waals surface area contributed by atoms with E-state index in [4.69, 9.17) is 10.5 Å². The largest absolute Gasteiger partial charge is 0.377 e. The minimum absolute atomic E-state index is 0.0196. The average Bonchev–Trinajstić information content (AvgIpc) is 2.27. The fourth-order valence-electron chi connectivity index (χ4n) is 2.03. The number of rotatable bonds is 2. The number of aryl methyl sites for hydroxylation is 1. The number of hydrogen-bond donors (Lipinski definition) is 1. The average molecular weight is 253 g/mol. The molecule has 1 aliphatic heterocycles. The van der Waals surface area contributed by atoms with E-state index in [2.05, 4.69) is 9.97 Å². The van der Waals surface area contributed by atoms with Crippen LogP contribution in [0.25, 0.3) is 0 Å². The highest BCUT2D eigenvalue weighted by molar-refractivity contribution is 5.62. The van der Waals surface area contributed by atoms with Crippen LogP contribution in [0.5, 0.6) is 0 Å². The lowest BCUT2D eigenvalue weighted by Crippen LogP contribution is -2.44. The lowest BCUT2D eigenvalue weighted by Gasteiger charge is -2.33. The van der Waals surface area contributed by atoms with E-state index in [9.17, 15) is 10.1 Å². The normalized spacial score (nSPS) is 19.9. The second-order valence-electron chi connectivity index (χ2n) is 4.21. The van der Waals surface area contributed by atoms with Crippen molar-refractivity contribution >= 4 is 17.5 Å². The summed E-state index contributed by atoms with van der Waals surface area (Å²) in [6, 6.07) is 0.0196. The maximum absolute atomic E-state index is 11.1. The molecule has 1 atom stereocenters. The van der Waals surface area contributed by atoms with E-state index >= 15 is 0 Å². The van der Waals surface area contributed by atoms with Gasteiger partial charge in [0.05, 0.1) is 24.2 Å². The fraction of sp³-hybridized carbons (Fsp3) is 0.600. The van der Waals surface area contributed by atoms with Gasteiger partial charge in [0.25, 0.3) is 0 Å². The number of hydrogen-bond acceptors (Lipinski definition) is 7. The number of ether oxygens (including phenoxy) is 1. The van der Waals surface area contributed by atoms with Gasteiger partial charge in [-0.1, -0.05) is 0 Å². The lowest BCUT2D eigenvalue weighted by molar-refractivity contribution is -0.385. The summed E-state index contributed by atoms with van der Waals surface area (Å²) in [7, 11) is 0. The zero-order valence-corrected chi connectivity index (χ0v) is 10.3. The molecule has 2 N–H and O–H groups in total. The molecule has 98 valence electrons. The van der Waals surface area contributed by atoms with Crippen LogP contribution in [0.15, 0.2) is 0 Å². The predicted molar refractivity (Wildman–Crippen MR) is 65.5 cm³/mol. The van der Waals surface area contributed by atoms with E-state index in [0.717, 1.165) is 0 Å². The van der Waals surface area contributed by atoms with Gasteiger partial charge >= 0.3 is 5.69 Å². The first-order valence-corrected chi connectivity index (χ1v) is 5.63. The Morgan fingerprint density at radius 2 is 2.28 bits per heavy atom. The number of anilines is 2. The fourth-order valence-corrected chi connectivity index (χ4v) is 2.03. The van der Waals surface area contributed by atoms with Crippen molar-refractivity contribution in [2.75, 3.05) is 30.4 Å². The van der Waals surface area contributed by atoms with Crippen molar-refractivity contribution in [1.82, 2.24) is 9.97 Å². The van der Waals surface area contributed by atoms with Crippen molar-refractivity contribution < 1.29 is 9.66 Å². The zero-order valence-electron chi connectivity index (χ0n) is 10.3. The second kappa shape index (κ2) is 4.73. The first-order valence-electron chi connectivity index (χ1n) is 5.63. The van der Waals surface area contributed by atoms with E-state index in [-0.39, 0.29) is 29.2 Å². The minimum atomic E-state index is -0.466. The highest BCUT2D eigenvalue weighted by Gasteiger charge is 2.30. The smallest absolute Gasteiger partial charge is 0.332 e. The topological polar surface area (TPSA) is 107 Å². The quantitative estimate of drug-likeness (QED) is 0.604. The standard InChI is InChI=1S/C10H15N5O3/c1-6-5-18-4-3-14(6)9-8(15(16)17)7(2)12-10(11)13-9/h6H,3-5H2,1-2H3,(H2,11,12,13). The monoisotopic (exact) mass is 253 g/mol. The molecule has 0 radical (unpaired) electrons. The Balaban J connectivity index is 2.50. The van der Waals surface area contributed by atoms with Crippen LogP contribution in [-0.2, 0) is 4.74 Å². The van der Waals surface area contributed by atoms with Crippen molar-refractivity contribution in [1.29, 1.82) is 0 Å². The van der Waals surface area contributed by atoms with Gasteiger partial charge in [0, 0.05) is 6.54 Å². The van der Waals surface area contributed by atoms with Crippen molar-refractivity contribution in [3.63, 3.8) is 0 Å². The Bertz CT molecular complexity index is 479. The Kier molecular flexibility index (Phi) is 3.28. The summed E-state index contributed by atoms with van der Waals surface area (Å²) >= 11 is 0. The van der Waals surface area contributed by atoms with Gasteiger partial charge in [-0.3, -0.25) is 10.1 Å². The Hall–Kier alpha value is -1.96. The number of aromatic nitrogens is 2. The number of nitrogens with zero attached hydrogens (tertiary/aromatic N) is 4. The summed E-state index contributed by atoms with van der Waals surface area (Å²) in [5.74, 6) is 0.326. The van der Waals surface area contributed by atoms with E-state index in [0.29, 0.717) is 19.8 Å². The van der Waals surface area contributed by atoms with E-state index in [1.165, 1.54) is 0 Å². The van der Waals surface area contributed by atoms with Gasteiger partial charge in [0.2, 0.25) is 11.8 Å². The summed E-state index contributed by atoms with van der Waals surface area (Å²) in [6.45, 7) is 5.07. The first kappa shape index (κ1) is 12.5. The molecule has 8 nitrogen and oxygen atoms in total.